The summed E-state index contributed by atoms with van der Waals surface area (Å²) in [4.78, 5) is 35.0. The third-order valence-electron chi connectivity index (χ3n) is 3.06. The number of rotatable bonds is 8. The van der Waals surface area contributed by atoms with E-state index < -0.39 is 23.3 Å². The summed E-state index contributed by atoms with van der Waals surface area (Å²) in [6, 6.07) is 6.43. The van der Waals surface area contributed by atoms with Gasteiger partial charge in [-0.15, -0.1) is 0 Å². The van der Waals surface area contributed by atoms with Crippen molar-refractivity contribution >= 4 is 17.8 Å². The van der Waals surface area contributed by atoms with Crippen molar-refractivity contribution in [2.45, 2.75) is 12.5 Å². The van der Waals surface area contributed by atoms with Gasteiger partial charge in [0.25, 0.3) is 5.91 Å². The highest BCUT2D eigenvalue weighted by molar-refractivity contribution is 5.97. The molecule has 1 rings (SSSR count). The summed E-state index contributed by atoms with van der Waals surface area (Å²) in [5.41, 5.74) is -1.23. The Labute approximate surface area is 133 Å². The molecule has 0 aliphatic rings. The average Bonchev–Trinajstić information content (AvgIpc) is 2.52. The minimum atomic E-state index is -1.56. The molecule has 0 aliphatic carbocycles. The van der Waals surface area contributed by atoms with E-state index in [9.17, 15) is 14.4 Å². The summed E-state index contributed by atoms with van der Waals surface area (Å²) in [6.07, 6.45) is 0. The van der Waals surface area contributed by atoms with Gasteiger partial charge in [-0.1, -0.05) is 6.07 Å². The van der Waals surface area contributed by atoms with Gasteiger partial charge in [-0.3, -0.25) is 9.59 Å². The van der Waals surface area contributed by atoms with Crippen LogP contribution in [0.25, 0.3) is 0 Å². The van der Waals surface area contributed by atoms with Gasteiger partial charge >= 0.3 is 5.97 Å². The van der Waals surface area contributed by atoms with E-state index in [0.29, 0.717) is 11.3 Å². The highest BCUT2D eigenvalue weighted by Crippen LogP contribution is 2.12. The number of hydrogen-bond donors (Lipinski definition) is 3. The van der Waals surface area contributed by atoms with Crippen molar-refractivity contribution < 1.29 is 29.0 Å². The first-order valence-electron chi connectivity index (χ1n) is 6.78. The van der Waals surface area contributed by atoms with E-state index in [1.165, 1.54) is 27.2 Å². The van der Waals surface area contributed by atoms with E-state index in [1.807, 2.05) is 0 Å². The molecule has 0 radical (unpaired) electrons. The first kappa shape index (κ1) is 18.4. The number of ether oxygens (including phenoxy) is 2. The Kier molecular flexibility index (Phi) is 6.52. The molecule has 1 atom stereocenters. The summed E-state index contributed by atoms with van der Waals surface area (Å²) in [5.74, 6) is -1.82. The average molecular weight is 324 g/mol. The molecule has 3 N–H and O–H groups in total. The van der Waals surface area contributed by atoms with Gasteiger partial charge in [0.1, 0.15) is 5.75 Å². The van der Waals surface area contributed by atoms with E-state index >= 15 is 0 Å². The fourth-order valence-electron chi connectivity index (χ4n) is 1.82. The lowest BCUT2D eigenvalue weighted by Crippen LogP contribution is -2.57. The predicted molar refractivity (Wildman–Crippen MR) is 81.4 cm³/mol. The molecule has 0 spiro atoms. The van der Waals surface area contributed by atoms with Crippen molar-refractivity contribution in [3.8, 4) is 5.75 Å². The van der Waals surface area contributed by atoms with E-state index in [-0.39, 0.29) is 13.2 Å². The number of hydrogen-bond acceptors (Lipinski definition) is 5. The summed E-state index contributed by atoms with van der Waals surface area (Å²) in [5, 5.41) is 13.9. The molecule has 1 aromatic carbocycles. The van der Waals surface area contributed by atoms with Gasteiger partial charge in [0.15, 0.2) is 5.54 Å². The van der Waals surface area contributed by atoms with E-state index in [1.54, 1.807) is 18.2 Å². The summed E-state index contributed by atoms with van der Waals surface area (Å²) in [6.45, 7) is 0.765. The summed E-state index contributed by atoms with van der Waals surface area (Å²) in [7, 11) is 2.81. The standard InChI is InChI=1S/C15H20N2O6/c1-15(9-22-2,14(20)21)17-12(18)8-16-13(19)10-5-4-6-11(7-10)23-3/h4-7H,8-9H2,1-3H3,(H,16,19)(H,17,18)(H,20,21). The second kappa shape index (κ2) is 8.14. The third kappa shape index (κ3) is 5.26. The lowest BCUT2D eigenvalue weighted by Gasteiger charge is -2.25. The molecule has 0 saturated carbocycles. The van der Waals surface area contributed by atoms with Gasteiger partial charge in [-0.2, -0.15) is 0 Å². The minimum Gasteiger partial charge on any atom is -0.497 e. The van der Waals surface area contributed by atoms with Crippen LogP contribution < -0.4 is 15.4 Å². The maximum absolute atomic E-state index is 12.0. The number of carbonyl (C=O) groups is 3. The van der Waals surface area contributed by atoms with Crippen LogP contribution in [0.3, 0.4) is 0 Å². The lowest BCUT2D eigenvalue weighted by atomic mass is 10.0. The number of benzene rings is 1. The van der Waals surface area contributed by atoms with Crippen LogP contribution >= 0.6 is 0 Å². The fraction of sp³-hybridized carbons (Fsp3) is 0.400. The zero-order valence-electron chi connectivity index (χ0n) is 13.2. The van der Waals surface area contributed by atoms with Crippen molar-refractivity contribution in [2.24, 2.45) is 0 Å². The number of carbonyl (C=O) groups excluding carboxylic acids is 2. The zero-order chi connectivity index (χ0) is 17.5. The summed E-state index contributed by atoms with van der Waals surface area (Å²) >= 11 is 0. The number of methoxy groups -OCH3 is 2. The third-order valence-corrected chi connectivity index (χ3v) is 3.06. The van der Waals surface area contributed by atoms with Gasteiger partial charge in [0.05, 0.1) is 20.3 Å². The number of carboxylic acid groups (broad SMARTS) is 1. The Morgan fingerprint density at radius 3 is 2.52 bits per heavy atom. The largest absolute Gasteiger partial charge is 0.497 e. The van der Waals surface area contributed by atoms with Crippen molar-refractivity contribution in [2.75, 3.05) is 27.4 Å². The molecule has 2 amide bonds. The number of aliphatic carboxylic acids is 1. The predicted octanol–water partition coefficient (Wildman–Crippen LogP) is 0.0309. The van der Waals surface area contributed by atoms with Crippen LogP contribution in [0, 0.1) is 0 Å². The normalized spacial score (nSPS) is 12.8. The highest BCUT2D eigenvalue weighted by Gasteiger charge is 2.34. The van der Waals surface area contributed by atoms with Crippen molar-refractivity contribution in [1.29, 1.82) is 0 Å². The smallest absolute Gasteiger partial charge is 0.331 e. The van der Waals surface area contributed by atoms with Crippen LogP contribution in [0.2, 0.25) is 0 Å². The molecule has 126 valence electrons. The molecule has 1 unspecified atom stereocenters. The van der Waals surface area contributed by atoms with Crippen LogP contribution in [0.5, 0.6) is 5.75 Å². The van der Waals surface area contributed by atoms with Gasteiger partial charge in [-0.25, -0.2) is 4.79 Å². The molecule has 0 saturated heterocycles. The molecule has 0 heterocycles. The quantitative estimate of drug-likeness (QED) is 0.622. The van der Waals surface area contributed by atoms with Crippen LogP contribution in [0.4, 0.5) is 0 Å². The Hall–Kier alpha value is -2.61. The molecule has 0 aromatic heterocycles. The van der Waals surface area contributed by atoms with Crippen molar-refractivity contribution in [3.63, 3.8) is 0 Å². The van der Waals surface area contributed by atoms with Gasteiger partial charge in [-0.05, 0) is 25.1 Å². The molecule has 8 heteroatoms. The Balaban J connectivity index is 2.61. The first-order chi connectivity index (χ1) is 10.8. The van der Waals surface area contributed by atoms with E-state index in [2.05, 4.69) is 10.6 Å². The zero-order valence-corrected chi connectivity index (χ0v) is 13.2. The molecule has 0 fully saturated rings. The maximum atomic E-state index is 12.0. The number of amides is 2. The van der Waals surface area contributed by atoms with Crippen LogP contribution in [-0.2, 0) is 14.3 Å². The maximum Gasteiger partial charge on any atom is 0.331 e. The van der Waals surface area contributed by atoms with Crippen LogP contribution in [0.15, 0.2) is 24.3 Å². The second-order valence-electron chi connectivity index (χ2n) is 5.03. The first-order valence-corrected chi connectivity index (χ1v) is 6.78. The summed E-state index contributed by atoms with van der Waals surface area (Å²) < 4.78 is 9.80. The fourth-order valence-corrected chi connectivity index (χ4v) is 1.82. The van der Waals surface area contributed by atoms with Crippen molar-refractivity contribution in [3.05, 3.63) is 29.8 Å². The van der Waals surface area contributed by atoms with Gasteiger partial charge < -0.3 is 25.2 Å². The molecule has 0 aliphatic heterocycles. The number of carboxylic acids is 1. The van der Waals surface area contributed by atoms with E-state index in [4.69, 9.17) is 14.6 Å². The SMILES string of the molecule is COCC(C)(NC(=O)CNC(=O)c1cccc(OC)c1)C(=O)O. The molecule has 1 aromatic rings. The topological polar surface area (TPSA) is 114 Å². The van der Waals surface area contributed by atoms with Crippen LogP contribution in [-0.4, -0.2) is 55.8 Å². The Morgan fingerprint density at radius 2 is 1.96 bits per heavy atom. The Bertz CT molecular complexity index is 589. The second-order valence-corrected chi connectivity index (χ2v) is 5.03. The Morgan fingerprint density at radius 1 is 1.26 bits per heavy atom. The number of nitrogens with one attached hydrogen (secondary N) is 2. The minimum absolute atomic E-state index is 0.197. The van der Waals surface area contributed by atoms with Gasteiger partial charge in [0.2, 0.25) is 5.91 Å². The van der Waals surface area contributed by atoms with Gasteiger partial charge in [0, 0.05) is 12.7 Å². The van der Waals surface area contributed by atoms with Crippen molar-refractivity contribution in [1.82, 2.24) is 10.6 Å². The molecular formula is C15H20N2O6. The molecular weight excluding hydrogens is 304 g/mol. The molecule has 8 nitrogen and oxygen atoms in total. The molecule has 23 heavy (non-hydrogen) atoms. The lowest BCUT2D eigenvalue weighted by molar-refractivity contribution is -0.149. The van der Waals surface area contributed by atoms with Crippen LogP contribution in [0.1, 0.15) is 17.3 Å². The highest BCUT2D eigenvalue weighted by atomic mass is 16.5. The van der Waals surface area contributed by atoms with E-state index in [0.717, 1.165) is 0 Å². The monoisotopic (exact) mass is 324 g/mol. The molecule has 0 bridgehead atoms.